The van der Waals surface area contributed by atoms with Gasteiger partial charge >= 0.3 is 0 Å². The molecule has 1 heterocycles. The van der Waals surface area contributed by atoms with E-state index in [0.29, 0.717) is 0 Å². The topological polar surface area (TPSA) is 15.3 Å². The summed E-state index contributed by atoms with van der Waals surface area (Å²) in [6.45, 7) is 4.59. The molecule has 2 nitrogen and oxygen atoms in total. The van der Waals surface area contributed by atoms with Gasteiger partial charge in [-0.05, 0) is 18.9 Å². The zero-order valence-corrected chi connectivity index (χ0v) is 7.42. The smallest absolute Gasteiger partial charge is 0.0323 e. The number of nitrogens with zero attached hydrogens (tertiary/aromatic N) is 1. The summed E-state index contributed by atoms with van der Waals surface area (Å²) < 4.78 is 0. The van der Waals surface area contributed by atoms with E-state index in [1.807, 2.05) is 0 Å². The Kier molecular flexibility index (Phi) is 2.47. The molecular weight excluding hydrogens is 148 g/mol. The molecule has 1 fully saturated rings. The van der Waals surface area contributed by atoms with Crippen molar-refractivity contribution < 1.29 is 0 Å². The van der Waals surface area contributed by atoms with E-state index in [2.05, 4.69) is 28.4 Å². The van der Waals surface area contributed by atoms with Crippen LogP contribution in [0.5, 0.6) is 0 Å². The van der Waals surface area contributed by atoms with Crippen molar-refractivity contribution in [3.63, 3.8) is 0 Å². The molecule has 2 heteroatoms. The predicted octanol–water partition coefficient (Wildman–Crippen LogP) is 1.13. The Labute approximate surface area is 73.9 Å². The van der Waals surface area contributed by atoms with Gasteiger partial charge in [-0.15, -0.1) is 0 Å². The van der Waals surface area contributed by atoms with Gasteiger partial charge in [-0.2, -0.15) is 0 Å². The van der Waals surface area contributed by atoms with Gasteiger partial charge < -0.3 is 10.2 Å². The van der Waals surface area contributed by atoms with Crippen LogP contribution in [0.2, 0.25) is 0 Å². The van der Waals surface area contributed by atoms with Crippen molar-refractivity contribution in [2.24, 2.45) is 0 Å². The molecular formula is C10H16N2. The number of hydrogen-bond acceptors (Lipinski definition) is 2. The first-order valence-electron chi connectivity index (χ1n) is 4.79. The summed E-state index contributed by atoms with van der Waals surface area (Å²) in [5.74, 6) is 0. The summed E-state index contributed by atoms with van der Waals surface area (Å²) in [5, 5.41) is 3.36. The zero-order chi connectivity index (χ0) is 8.23. The molecule has 66 valence electrons. The molecule has 2 aliphatic rings. The molecule has 2 rings (SSSR count). The van der Waals surface area contributed by atoms with E-state index in [9.17, 15) is 0 Å². The molecule has 0 atom stereocenters. The van der Waals surface area contributed by atoms with E-state index in [0.717, 1.165) is 26.2 Å². The Bertz CT molecular complexity index is 200. The standard InChI is InChI=1S/C10H16N2/c1-2-4-10(5-3-1)12-8-6-11-7-9-12/h2,4-5,11H,1,3,6-9H2. The molecule has 0 amide bonds. The van der Waals surface area contributed by atoms with Crippen molar-refractivity contribution in [1.29, 1.82) is 0 Å². The minimum atomic E-state index is 1.13. The highest BCUT2D eigenvalue weighted by Gasteiger charge is 2.11. The predicted molar refractivity (Wildman–Crippen MR) is 50.9 cm³/mol. The SMILES string of the molecule is C1=CC(N2CCNCC2)=CCC1. The van der Waals surface area contributed by atoms with Crippen LogP contribution in [0.15, 0.2) is 23.9 Å². The summed E-state index contributed by atoms with van der Waals surface area (Å²) >= 11 is 0. The van der Waals surface area contributed by atoms with Crippen LogP contribution in [0.4, 0.5) is 0 Å². The van der Waals surface area contributed by atoms with Crippen molar-refractivity contribution in [2.45, 2.75) is 12.8 Å². The molecule has 0 spiro atoms. The average Bonchev–Trinajstić information content (AvgIpc) is 2.21. The lowest BCUT2D eigenvalue weighted by atomic mass is 10.1. The van der Waals surface area contributed by atoms with Crippen molar-refractivity contribution >= 4 is 0 Å². The Balaban J connectivity index is 1.97. The molecule has 0 radical (unpaired) electrons. The Morgan fingerprint density at radius 1 is 1.17 bits per heavy atom. The van der Waals surface area contributed by atoms with Gasteiger partial charge in [0, 0.05) is 31.9 Å². The first kappa shape index (κ1) is 7.87. The molecule has 12 heavy (non-hydrogen) atoms. The largest absolute Gasteiger partial charge is 0.369 e. The molecule has 1 saturated heterocycles. The summed E-state index contributed by atoms with van der Waals surface area (Å²) in [6.07, 6.45) is 9.32. The van der Waals surface area contributed by atoms with Crippen LogP contribution in [0.3, 0.4) is 0 Å². The Morgan fingerprint density at radius 3 is 2.67 bits per heavy atom. The van der Waals surface area contributed by atoms with Gasteiger partial charge in [0.05, 0.1) is 0 Å². The third-order valence-corrected chi connectivity index (χ3v) is 2.46. The summed E-state index contributed by atoms with van der Waals surface area (Å²) in [4.78, 5) is 2.46. The highest BCUT2D eigenvalue weighted by atomic mass is 15.2. The number of allylic oxidation sites excluding steroid dienone is 3. The first-order valence-corrected chi connectivity index (χ1v) is 4.79. The van der Waals surface area contributed by atoms with Crippen molar-refractivity contribution in [3.8, 4) is 0 Å². The molecule has 1 aliphatic heterocycles. The van der Waals surface area contributed by atoms with Gasteiger partial charge in [-0.25, -0.2) is 0 Å². The number of rotatable bonds is 1. The fourth-order valence-electron chi connectivity index (χ4n) is 1.76. The lowest BCUT2D eigenvalue weighted by molar-refractivity contribution is 0.305. The lowest BCUT2D eigenvalue weighted by Gasteiger charge is -2.31. The summed E-state index contributed by atoms with van der Waals surface area (Å²) in [6, 6.07) is 0. The van der Waals surface area contributed by atoms with Crippen LogP contribution >= 0.6 is 0 Å². The van der Waals surface area contributed by atoms with Gasteiger partial charge in [-0.3, -0.25) is 0 Å². The molecule has 0 bridgehead atoms. The maximum atomic E-state index is 3.36. The maximum absolute atomic E-state index is 3.36. The molecule has 0 aromatic heterocycles. The Hall–Kier alpha value is -0.760. The number of nitrogens with one attached hydrogen (secondary N) is 1. The van der Waals surface area contributed by atoms with Crippen LogP contribution in [-0.2, 0) is 0 Å². The zero-order valence-electron chi connectivity index (χ0n) is 7.42. The second-order valence-electron chi connectivity index (χ2n) is 3.35. The fraction of sp³-hybridized carbons (Fsp3) is 0.600. The van der Waals surface area contributed by atoms with Crippen LogP contribution < -0.4 is 5.32 Å². The van der Waals surface area contributed by atoms with E-state index < -0.39 is 0 Å². The number of piperazine rings is 1. The van der Waals surface area contributed by atoms with Crippen molar-refractivity contribution in [3.05, 3.63) is 23.9 Å². The average molecular weight is 164 g/mol. The van der Waals surface area contributed by atoms with Gasteiger partial charge in [0.15, 0.2) is 0 Å². The van der Waals surface area contributed by atoms with Crippen LogP contribution in [0, 0.1) is 0 Å². The second-order valence-corrected chi connectivity index (χ2v) is 3.35. The van der Waals surface area contributed by atoms with Gasteiger partial charge in [0.1, 0.15) is 0 Å². The third kappa shape index (κ3) is 1.69. The van der Waals surface area contributed by atoms with E-state index >= 15 is 0 Å². The highest BCUT2D eigenvalue weighted by molar-refractivity contribution is 5.21. The lowest BCUT2D eigenvalue weighted by Crippen LogP contribution is -2.42. The van der Waals surface area contributed by atoms with Gasteiger partial charge in [-0.1, -0.05) is 12.2 Å². The van der Waals surface area contributed by atoms with Crippen LogP contribution in [-0.4, -0.2) is 31.1 Å². The van der Waals surface area contributed by atoms with Gasteiger partial charge in [0.2, 0.25) is 0 Å². The molecule has 0 aromatic carbocycles. The normalized spacial score (nSPS) is 24.0. The molecule has 0 unspecified atom stereocenters. The van der Waals surface area contributed by atoms with E-state index in [-0.39, 0.29) is 0 Å². The van der Waals surface area contributed by atoms with E-state index in [1.54, 1.807) is 0 Å². The molecule has 0 saturated carbocycles. The first-order chi connectivity index (χ1) is 5.97. The Morgan fingerprint density at radius 2 is 2.00 bits per heavy atom. The van der Waals surface area contributed by atoms with Crippen LogP contribution in [0.1, 0.15) is 12.8 Å². The van der Waals surface area contributed by atoms with E-state index in [1.165, 1.54) is 18.5 Å². The summed E-state index contributed by atoms with van der Waals surface area (Å²) in [5.41, 5.74) is 1.43. The summed E-state index contributed by atoms with van der Waals surface area (Å²) in [7, 11) is 0. The molecule has 0 aromatic rings. The fourth-order valence-corrected chi connectivity index (χ4v) is 1.76. The monoisotopic (exact) mass is 164 g/mol. The number of hydrogen-bond donors (Lipinski definition) is 1. The van der Waals surface area contributed by atoms with Gasteiger partial charge in [0.25, 0.3) is 0 Å². The minimum Gasteiger partial charge on any atom is -0.369 e. The minimum absolute atomic E-state index is 1.13. The maximum Gasteiger partial charge on any atom is 0.0323 e. The second kappa shape index (κ2) is 3.76. The van der Waals surface area contributed by atoms with Crippen LogP contribution in [0.25, 0.3) is 0 Å². The molecule has 1 aliphatic carbocycles. The van der Waals surface area contributed by atoms with E-state index in [4.69, 9.17) is 0 Å². The third-order valence-electron chi connectivity index (χ3n) is 2.46. The quantitative estimate of drug-likeness (QED) is 0.625. The molecule has 1 N–H and O–H groups in total. The van der Waals surface area contributed by atoms with Crippen molar-refractivity contribution in [1.82, 2.24) is 10.2 Å². The van der Waals surface area contributed by atoms with Crippen molar-refractivity contribution in [2.75, 3.05) is 26.2 Å². The highest BCUT2D eigenvalue weighted by Crippen LogP contribution is 2.14.